The molecule has 5 aliphatic rings. The first-order valence-electron chi connectivity index (χ1n) is 17.2. The number of amides is 1. The Kier molecular flexibility index (Phi) is 8.96. The van der Waals surface area contributed by atoms with Crippen molar-refractivity contribution < 1.29 is 27.3 Å². The second-order valence-corrected chi connectivity index (χ2v) is 15.3. The van der Waals surface area contributed by atoms with E-state index in [1.165, 1.54) is 16.7 Å². The molecule has 2 bridgehead atoms. The molecule has 7 atom stereocenters. The van der Waals surface area contributed by atoms with Gasteiger partial charge >= 0.3 is 13.3 Å². The molecule has 3 aliphatic carbocycles. The van der Waals surface area contributed by atoms with Gasteiger partial charge in [-0.1, -0.05) is 74.0 Å². The van der Waals surface area contributed by atoms with E-state index in [1.807, 2.05) is 30.3 Å². The Hall–Kier alpha value is -3.61. The fraction of sp³-hybridized carbons (Fsp3) is 0.486. The zero-order valence-electron chi connectivity index (χ0n) is 28.3. The molecule has 0 radical (unpaired) electrons. The van der Waals surface area contributed by atoms with Gasteiger partial charge in [0.15, 0.2) is 11.0 Å². The summed E-state index contributed by atoms with van der Waals surface area (Å²) in [7, 11) is -0.689. The molecule has 0 spiro atoms. The van der Waals surface area contributed by atoms with Crippen molar-refractivity contribution in [2.45, 2.75) is 95.2 Å². The summed E-state index contributed by atoms with van der Waals surface area (Å²) in [5, 5.41) is 6.06. The summed E-state index contributed by atoms with van der Waals surface area (Å²) in [6.45, 7) is 10.5. The number of anilines is 1. The molecule has 50 heavy (non-hydrogen) atoms. The van der Waals surface area contributed by atoms with Gasteiger partial charge in [-0.15, -0.1) is 6.58 Å². The number of aromatic nitrogens is 2. The van der Waals surface area contributed by atoms with E-state index in [4.69, 9.17) is 20.9 Å². The quantitative estimate of drug-likeness (QED) is 0.172. The predicted molar refractivity (Wildman–Crippen MR) is 186 cm³/mol. The summed E-state index contributed by atoms with van der Waals surface area (Å²) >= 11 is 6.78. The van der Waals surface area contributed by atoms with Crippen molar-refractivity contribution in [2.24, 2.45) is 17.3 Å². The number of rotatable bonds is 10. The summed E-state index contributed by atoms with van der Waals surface area (Å²) < 4.78 is 54.6. The van der Waals surface area contributed by atoms with Gasteiger partial charge < -0.3 is 19.9 Å². The minimum Gasteiger partial charge on any atom is -0.404 e. The van der Waals surface area contributed by atoms with Crippen molar-refractivity contribution >= 4 is 30.4 Å². The van der Waals surface area contributed by atoms with Crippen LogP contribution in [0.2, 0.25) is 5.15 Å². The van der Waals surface area contributed by atoms with Crippen molar-refractivity contribution in [3.63, 3.8) is 0 Å². The molecule has 4 fully saturated rings. The SMILES string of the molecule is C=CC[C@H](NC(=O)[C@@H]1C[C@@H](Cc2ccccc2)c2c(Cl)nc(NCc3cccc(C(F)(F)F)c3)c(=O)n21)B1OC2CC3CC(C3(C)C)[C@@]2(C)O1. The van der Waals surface area contributed by atoms with Crippen LogP contribution in [0.25, 0.3) is 0 Å². The van der Waals surface area contributed by atoms with Gasteiger partial charge in [-0.2, -0.15) is 13.2 Å². The highest BCUT2D eigenvalue weighted by molar-refractivity contribution is 6.48. The molecule has 8 nitrogen and oxygen atoms in total. The van der Waals surface area contributed by atoms with Gasteiger partial charge in [0.25, 0.3) is 5.56 Å². The van der Waals surface area contributed by atoms with Crippen LogP contribution in [0.3, 0.4) is 0 Å². The summed E-state index contributed by atoms with van der Waals surface area (Å²) in [5.74, 6) is -0.480. The second kappa shape index (κ2) is 12.9. The van der Waals surface area contributed by atoms with Crippen molar-refractivity contribution in [2.75, 3.05) is 5.32 Å². The summed E-state index contributed by atoms with van der Waals surface area (Å²) in [4.78, 5) is 32.8. The molecule has 3 aromatic rings. The zero-order chi connectivity index (χ0) is 35.6. The Morgan fingerprint density at radius 2 is 1.88 bits per heavy atom. The fourth-order valence-corrected chi connectivity index (χ4v) is 9.25. The van der Waals surface area contributed by atoms with Gasteiger partial charge in [0.1, 0.15) is 6.04 Å². The molecule has 2 N–H and O–H groups in total. The van der Waals surface area contributed by atoms with E-state index in [1.54, 1.807) is 6.08 Å². The molecule has 8 rings (SSSR count). The Morgan fingerprint density at radius 1 is 1.14 bits per heavy atom. The monoisotopic (exact) mass is 708 g/mol. The Morgan fingerprint density at radius 3 is 2.58 bits per heavy atom. The van der Waals surface area contributed by atoms with Crippen LogP contribution in [-0.4, -0.2) is 40.2 Å². The molecule has 3 heterocycles. The maximum Gasteiger partial charge on any atom is 0.482 e. The Balaban J connectivity index is 1.16. The van der Waals surface area contributed by atoms with E-state index < -0.39 is 47.9 Å². The highest BCUT2D eigenvalue weighted by Gasteiger charge is 2.68. The number of nitrogens with zero attached hydrogens (tertiary/aromatic N) is 2. The number of carbonyl (C=O) groups is 1. The van der Waals surface area contributed by atoms with Crippen LogP contribution in [0.15, 0.2) is 72.0 Å². The van der Waals surface area contributed by atoms with Gasteiger partial charge in [-0.25, -0.2) is 4.98 Å². The third kappa shape index (κ3) is 6.07. The number of alkyl halides is 3. The van der Waals surface area contributed by atoms with Crippen molar-refractivity contribution in [1.82, 2.24) is 14.9 Å². The first-order chi connectivity index (χ1) is 23.7. The van der Waals surface area contributed by atoms with E-state index in [-0.39, 0.29) is 35.0 Å². The molecule has 1 aromatic heterocycles. The highest BCUT2D eigenvalue weighted by Crippen LogP contribution is 2.65. The van der Waals surface area contributed by atoms with Crippen LogP contribution in [0.1, 0.15) is 80.8 Å². The van der Waals surface area contributed by atoms with Gasteiger partial charge in [0.05, 0.1) is 28.9 Å². The lowest BCUT2D eigenvalue weighted by atomic mass is 9.43. The summed E-state index contributed by atoms with van der Waals surface area (Å²) in [6.07, 6.45) is 0.330. The Bertz CT molecular complexity index is 1860. The van der Waals surface area contributed by atoms with Crippen molar-refractivity contribution in [3.8, 4) is 0 Å². The number of hydrogen-bond donors (Lipinski definition) is 2. The van der Waals surface area contributed by atoms with Crippen molar-refractivity contribution in [3.05, 3.63) is 105 Å². The summed E-state index contributed by atoms with van der Waals surface area (Å²) in [6, 6.07) is 13.6. The lowest BCUT2D eigenvalue weighted by Crippen LogP contribution is -2.65. The first kappa shape index (κ1) is 34.8. The van der Waals surface area contributed by atoms with E-state index in [9.17, 15) is 22.8 Å². The number of hydrogen-bond acceptors (Lipinski definition) is 6. The largest absolute Gasteiger partial charge is 0.482 e. The van der Waals surface area contributed by atoms with Gasteiger partial charge in [0, 0.05) is 12.5 Å². The number of halogens is 4. The normalized spacial score (nSPS) is 28.3. The van der Waals surface area contributed by atoms with Gasteiger partial charge in [-0.05, 0) is 79.5 Å². The van der Waals surface area contributed by atoms with E-state index in [0.717, 1.165) is 30.5 Å². The standard InChI is InChI=1S/C37H41BClF3N4O4/c1-5-10-29(38-49-28-19-25-18-27(35(25,2)3)36(28,4)50-38)44-33(47)26-17-23(15-21-11-7-6-8-12-21)30-31(39)45-32(34(48)46(26)30)43-20-22-13-9-14-24(16-22)37(40,41)42/h5-9,11-14,16,23,25-29H,1,10,15,17-20H2,2-4H3,(H,43,45)(H,44,47)/t23-,25?,26+,27?,28?,29+,36-/m1/s1. The van der Waals surface area contributed by atoms with E-state index >= 15 is 0 Å². The zero-order valence-corrected chi connectivity index (χ0v) is 29.1. The minimum atomic E-state index is -4.51. The van der Waals surface area contributed by atoms with Crippen LogP contribution >= 0.6 is 11.6 Å². The molecule has 13 heteroatoms. The van der Waals surface area contributed by atoms with Crippen LogP contribution in [0.4, 0.5) is 19.0 Å². The molecule has 264 valence electrons. The molecule has 2 aromatic carbocycles. The molecular weight excluding hydrogens is 668 g/mol. The maximum atomic E-state index is 14.3. The summed E-state index contributed by atoms with van der Waals surface area (Å²) in [5.41, 5.74) is 0.0635. The third-order valence-corrected chi connectivity index (χ3v) is 12.0. The van der Waals surface area contributed by atoms with Crippen LogP contribution in [-0.2, 0) is 33.2 Å². The highest BCUT2D eigenvalue weighted by atomic mass is 35.5. The topological polar surface area (TPSA) is 94.5 Å². The van der Waals surface area contributed by atoms with Crippen LogP contribution in [0, 0.1) is 17.3 Å². The Labute approximate surface area is 294 Å². The second-order valence-electron chi connectivity index (χ2n) is 15.0. The molecule has 2 aliphatic heterocycles. The number of nitrogens with one attached hydrogen (secondary N) is 2. The first-order valence-corrected chi connectivity index (χ1v) is 17.6. The number of benzene rings is 2. The van der Waals surface area contributed by atoms with Gasteiger partial charge in [0.2, 0.25) is 5.91 Å². The number of carbonyl (C=O) groups excluding carboxylic acids is 1. The lowest BCUT2D eigenvalue weighted by molar-refractivity contribution is -0.199. The van der Waals surface area contributed by atoms with Gasteiger partial charge in [-0.3, -0.25) is 14.2 Å². The molecule has 1 saturated heterocycles. The fourth-order valence-electron chi connectivity index (χ4n) is 8.92. The van der Waals surface area contributed by atoms with Crippen LogP contribution < -0.4 is 16.2 Å². The average molecular weight is 709 g/mol. The minimum absolute atomic E-state index is 0.0519. The smallest absolute Gasteiger partial charge is 0.404 e. The van der Waals surface area contributed by atoms with E-state index in [2.05, 4.69) is 43.0 Å². The average Bonchev–Trinajstić information content (AvgIpc) is 3.64. The molecule has 3 saturated carbocycles. The number of fused-ring (bicyclic) bond motifs is 1. The van der Waals surface area contributed by atoms with Crippen LogP contribution in [0.5, 0.6) is 0 Å². The van der Waals surface area contributed by atoms with E-state index in [0.29, 0.717) is 42.4 Å². The van der Waals surface area contributed by atoms with Crippen molar-refractivity contribution in [1.29, 1.82) is 0 Å². The lowest BCUT2D eigenvalue weighted by Gasteiger charge is -2.64. The third-order valence-electron chi connectivity index (χ3n) is 11.7. The maximum absolute atomic E-state index is 14.3. The predicted octanol–water partition coefficient (Wildman–Crippen LogP) is 7.13. The molecular formula is C37H41BClF3N4O4. The molecule has 3 unspecified atom stereocenters. The molecule has 1 amide bonds.